The zero-order valence-electron chi connectivity index (χ0n) is 11.1. The molecule has 0 bridgehead atoms. The van der Waals surface area contributed by atoms with Gasteiger partial charge in [-0.25, -0.2) is 0 Å². The largest absolute Gasteiger partial charge is 0.466 e. The number of para-hydroxylation sites is 2. The third kappa shape index (κ3) is 1.71. The van der Waals surface area contributed by atoms with E-state index in [1.165, 1.54) is 6.92 Å². The minimum absolute atomic E-state index is 0.0680. The number of fused-ring (bicyclic) bond motifs is 1. The molecule has 0 fully saturated rings. The zero-order chi connectivity index (χ0) is 13.6. The van der Waals surface area contributed by atoms with E-state index in [1.807, 2.05) is 31.2 Å². The van der Waals surface area contributed by atoms with E-state index in [-0.39, 0.29) is 5.78 Å². The summed E-state index contributed by atoms with van der Waals surface area (Å²) in [6.07, 6.45) is 1.80. The van der Waals surface area contributed by atoms with Gasteiger partial charge >= 0.3 is 0 Å². The van der Waals surface area contributed by atoms with E-state index in [0.29, 0.717) is 17.1 Å². The van der Waals surface area contributed by atoms with Crippen LogP contribution >= 0.6 is 0 Å². The summed E-state index contributed by atoms with van der Waals surface area (Å²) >= 11 is 0. The molecule has 1 spiro atoms. The van der Waals surface area contributed by atoms with Crippen molar-refractivity contribution < 1.29 is 14.3 Å². The number of ketones is 1. The molecule has 0 saturated heterocycles. The second-order valence-corrected chi connectivity index (χ2v) is 4.80. The van der Waals surface area contributed by atoms with Gasteiger partial charge in [0.05, 0.1) is 5.69 Å². The first-order chi connectivity index (χ1) is 9.02. The van der Waals surface area contributed by atoms with Crippen LogP contribution < -0.4 is 10.1 Å². The molecule has 1 aromatic carbocycles. The maximum absolute atomic E-state index is 11.9. The number of carbonyl (C=O) groups excluding carboxylic acids is 1. The van der Waals surface area contributed by atoms with Gasteiger partial charge in [-0.05, 0) is 32.9 Å². The number of hydrogen-bond acceptors (Lipinski definition) is 4. The predicted molar refractivity (Wildman–Crippen MR) is 71.6 cm³/mol. The van der Waals surface area contributed by atoms with Crippen LogP contribution in [0.4, 0.5) is 5.69 Å². The van der Waals surface area contributed by atoms with Crippen molar-refractivity contribution in [3.8, 4) is 5.75 Å². The fraction of sp³-hybridized carbons (Fsp3) is 0.267. The molecule has 1 aromatic rings. The summed E-state index contributed by atoms with van der Waals surface area (Å²) < 4.78 is 11.5. The molecule has 3 rings (SSSR count). The molecule has 0 saturated carbocycles. The molecule has 0 aliphatic carbocycles. The molecule has 0 aromatic heterocycles. The molecular formula is C15H15NO3. The van der Waals surface area contributed by atoms with E-state index in [1.54, 1.807) is 13.0 Å². The van der Waals surface area contributed by atoms with Gasteiger partial charge < -0.3 is 14.8 Å². The zero-order valence-corrected chi connectivity index (χ0v) is 11.1. The van der Waals surface area contributed by atoms with Crippen molar-refractivity contribution in [1.29, 1.82) is 0 Å². The molecular weight excluding hydrogens is 242 g/mol. The maximum atomic E-state index is 11.9. The van der Waals surface area contributed by atoms with Crippen molar-refractivity contribution in [2.45, 2.75) is 26.5 Å². The van der Waals surface area contributed by atoms with Crippen molar-refractivity contribution in [3.63, 3.8) is 0 Å². The first-order valence-corrected chi connectivity index (χ1v) is 6.18. The third-order valence-electron chi connectivity index (χ3n) is 3.27. The summed E-state index contributed by atoms with van der Waals surface area (Å²) in [4.78, 5) is 11.9. The number of allylic oxidation sites excluding steroid dienone is 2. The molecule has 19 heavy (non-hydrogen) atoms. The lowest BCUT2D eigenvalue weighted by molar-refractivity contribution is -0.115. The van der Waals surface area contributed by atoms with E-state index in [4.69, 9.17) is 9.47 Å². The number of carbonyl (C=O) groups is 1. The van der Waals surface area contributed by atoms with E-state index in [2.05, 4.69) is 5.32 Å². The molecule has 1 N–H and O–H groups in total. The summed E-state index contributed by atoms with van der Waals surface area (Å²) in [6, 6.07) is 7.63. The topological polar surface area (TPSA) is 47.6 Å². The first kappa shape index (κ1) is 11.8. The van der Waals surface area contributed by atoms with Crippen molar-refractivity contribution in [1.82, 2.24) is 0 Å². The lowest BCUT2D eigenvalue weighted by Gasteiger charge is -2.32. The number of benzene rings is 1. The Morgan fingerprint density at radius 3 is 2.68 bits per heavy atom. The van der Waals surface area contributed by atoms with Crippen LogP contribution in [0.5, 0.6) is 5.75 Å². The SMILES string of the molecule is CC(=O)C1=C(C)OC(C)=C[C@]12Nc1ccccc1O2. The van der Waals surface area contributed by atoms with Crippen LogP contribution in [0.3, 0.4) is 0 Å². The van der Waals surface area contributed by atoms with Crippen LogP contribution in [-0.2, 0) is 9.53 Å². The lowest BCUT2D eigenvalue weighted by Crippen LogP contribution is -2.45. The van der Waals surface area contributed by atoms with Crippen LogP contribution in [0.2, 0.25) is 0 Å². The Balaban J connectivity index is 2.13. The summed E-state index contributed by atoms with van der Waals surface area (Å²) in [5.74, 6) is 1.96. The molecule has 0 amide bonds. The molecule has 0 radical (unpaired) electrons. The van der Waals surface area contributed by atoms with Crippen LogP contribution in [0.25, 0.3) is 0 Å². The van der Waals surface area contributed by atoms with Crippen molar-refractivity contribution in [2.24, 2.45) is 0 Å². The highest BCUT2D eigenvalue weighted by Crippen LogP contribution is 2.44. The highest BCUT2D eigenvalue weighted by Gasteiger charge is 2.46. The summed E-state index contributed by atoms with van der Waals surface area (Å²) in [5.41, 5.74) is 0.441. The second kappa shape index (κ2) is 3.88. The number of nitrogens with one attached hydrogen (secondary N) is 1. The average molecular weight is 257 g/mol. The van der Waals surface area contributed by atoms with Gasteiger partial charge in [-0.1, -0.05) is 12.1 Å². The van der Waals surface area contributed by atoms with Gasteiger partial charge in [0.2, 0.25) is 5.72 Å². The third-order valence-corrected chi connectivity index (χ3v) is 3.27. The van der Waals surface area contributed by atoms with E-state index < -0.39 is 5.72 Å². The van der Waals surface area contributed by atoms with Gasteiger partial charge in [-0.15, -0.1) is 0 Å². The molecule has 2 aliphatic heterocycles. The highest BCUT2D eigenvalue weighted by atomic mass is 16.5. The Kier molecular flexibility index (Phi) is 2.42. The molecule has 1 atom stereocenters. The molecule has 0 unspecified atom stereocenters. The Bertz CT molecular complexity index is 603. The van der Waals surface area contributed by atoms with Crippen LogP contribution in [0.1, 0.15) is 20.8 Å². The standard InChI is InChI=1S/C15H15NO3/c1-9-8-15(14(10(2)17)11(3)18-9)16-12-6-4-5-7-13(12)19-15/h4-8,16H,1-3H3/t15-/m1/s1. The van der Waals surface area contributed by atoms with Crippen LogP contribution in [0, 0.1) is 0 Å². The van der Waals surface area contributed by atoms with E-state index in [0.717, 1.165) is 11.4 Å². The van der Waals surface area contributed by atoms with Crippen molar-refractivity contribution in [3.05, 3.63) is 47.4 Å². The van der Waals surface area contributed by atoms with Crippen molar-refractivity contribution >= 4 is 11.5 Å². The average Bonchev–Trinajstić information content (AvgIpc) is 2.64. The predicted octanol–water partition coefficient (Wildman–Crippen LogP) is 2.98. The van der Waals surface area contributed by atoms with Gasteiger partial charge in [-0.3, -0.25) is 4.79 Å². The van der Waals surface area contributed by atoms with Crippen LogP contribution in [0.15, 0.2) is 47.4 Å². The van der Waals surface area contributed by atoms with E-state index >= 15 is 0 Å². The van der Waals surface area contributed by atoms with Crippen LogP contribution in [-0.4, -0.2) is 11.5 Å². The Labute approximate surface area is 111 Å². The minimum Gasteiger partial charge on any atom is -0.466 e. The summed E-state index contributed by atoms with van der Waals surface area (Å²) in [6.45, 7) is 5.14. The second-order valence-electron chi connectivity index (χ2n) is 4.80. The Hall–Kier alpha value is -2.23. The molecule has 4 nitrogen and oxygen atoms in total. The fourth-order valence-corrected chi connectivity index (χ4v) is 2.69. The Morgan fingerprint density at radius 2 is 2.00 bits per heavy atom. The summed E-state index contributed by atoms with van der Waals surface area (Å²) in [5, 5.41) is 3.28. The minimum atomic E-state index is -0.943. The number of rotatable bonds is 1. The van der Waals surface area contributed by atoms with Gasteiger partial charge in [0.25, 0.3) is 0 Å². The first-order valence-electron chi connectivity index (χ1n) is 6.18. The molecule has 4 heteroatoms. The van der Waals surface area contributed by atoms with Crippen molar-refractivity contribution in [2.75, 3.05) is 5.32 Å². The number of ether oxygens (including phenoxy) is 2. The molecule has 98 valence electrons. The normalized spacial score (nSPS) is 24.3. The smallest absolute Gasteiger partial charge is 0.237 e. The van der Waals surface area contributed by atoms with Gasteiger partial charge in [0.1, 0.15) is 22.8 Å². The van der Waals surface area contributed by atoms with E-state index in [9.17, 15) is 4.79 Å². The Morgan fingerprint density at radius 1 is 1.26 bits per heavy atom. The quantitative estimate of drug-likeness (QED) is 0.840. The highest BCUT2D eigenvalue weighted by molar-refractivity contribution is 5.98. The van der Waals surface area contributed by atoms with Gasteiger partial charge in [0.15, 0.2) is 5.78 Å². The fourth-order valence-electron chi connectivity index (χ4n) is 2.69. The number of anilines is 1. The summed E-state index contributed by atoms with van der Waals surface area (Å²) in [7, 11) is 0. The number of Topliss-reactive ketones (excluding diaryl/α,β-unsaturated/α-hetero) is 1. The molecule has 2 aliphatic rings. The van der Waals surface area contributed by atoms with Gasteiger partial charge in [0, 0.05) is 6.08 Å². The maximum Gasteiger partial charge on any atom is 0.237 e. The lowest BCUT2D eigenvalue weighted by atomic mass is 9.95. The number of hydrogen-bond donors (Lipinski definition) is 1. The molecule has 2 heterocycles. The monoisotopic (exact) mass is 257 g/mol. The van der Waals surface area contributed by atoms with Gasteiger partial charge in [-0.2, -0.15) is 0 Å².